The molecule has 0 unspecified atom stereocenters. The Kier molecular flexibility index (Phi) is 5.64. The van der Waals surface area contributed by atoms with Crippen LogP contribution in [0.15, 0.2) is 48.9 Å². The molecule has 0 atom stereocenters. The van der Waals surface area contributed by atoms with Gasteiger partial charge in [0, 0.05) is 72.6 Å². The number of halogens is 2. The van der Waals surface area contributed by atoms with Crippen LogP contribution < -0.4 is 15.4 Å². The second-order valence-electron chi connectivity index (χ2n) is 8.93. The largest absolute Gasteiger partial charge is 0.489 e. The number of nitrogens with zero attached hydrogens (tertiary/aromatic N) is 4. The number of rotatable bonds is 6. The molecule has 2 saturated heterocycles. The van der Waals surface area contributed by atoms with E-state index < -0.39 is 0 Å². The first-order valence-corrected chi connectivity index (χ1v) is 11.4. The summed E-state index contributed by atoms with van der Waals surface area (Å²) < 4.78 is 5.88. The molecule has 4 heterocycles. The van der Waals surface area contributed by atoms with E-state index in [2.05, 4.69) is 26.8 Å². The minimum atomic E-state index is 0.181. The number of pyridine rings is 2. The number of nitrogen functional groups attached to an aromatic ring is 1. The number of benzene rings is 1. The van der Waals surface area contributed by atoms with Crippen LogP contribution in [0.25, 0.3) is 0 Å². The highest BCUT2D eigenvalue weighted by atomic mass is 35.5. The number of ether oxygens (including phenoxy) is 1. The Bertz CT molecular complexity index is 1180. The zero-order valence-electron chi connectivity index (χ0n) is 18.2. The van der Waals surface area contributed by atoms with Gasteiger partial charge in [0.15, 0.2) is 0 Å². The van der Waals surface area contributed by atoms with Crippen molar-refractivity contribution in [1.82, 2.24) is 14.9 Å². The van der Waals surface area contributed by atoms with Gasteiger partial charge in [-0.25, -0.2) is 4.98 Å². The van der Waals surface area contributed by atoms with Crippen molar-refractivity contribution in [2.24, 2.45) is 5.41 Å². The van der Waals surface area contributed by atoms with Crippen LogP contribution in [0.1, 0.15) is 16.7 Å². The van der Waals surface area contributed by atoms with Gasteiger partial charge in [0.25, 0.3) is 0 Å². The van der Waals surface area contributed by atoms with Crippen molar-refractivity contribution in [3.63, 3.8) is 0 Å². The maximum atomic E-state index is 8.69. The maximum absolute atomic E-state index is 8.69. The zero-order chi connectivity index (χ0) is 23.2. The number of hydrogen-bond donors (Lipinski definition) is 2. The van der Waals surface area contributed by atoms with Crippen LogP contribution in [-0.2, 0) is 6.61 Å². The van der Waals surface area contributed by atoms with Crippen LogP contribution in [0.2, 0.25) is 10.0 Å². The second-order valence-corrected chi connectivity index (χ2v) is 9.74. The van der Waals surface area contributed by atoms with Gasteiger partial charge in [0.05, 0.1) is 15.8 Å². The molecule has 1 aromatic carbocycles. The summed E-state index contributed by atoms with van der Waals surface area (Å²) in [4.78, 5) is 13.2. The van der Waals surface area contributed by atoms with Crippen LogP contribution >= 0.6 is 23.2 Å². The average molecular weight is 483 g/mol. The number of likely N-dealkylation sites (tertiary alicyclic amines) is 1. The molecule has 0 radical (unpaired) electrons. The van der Waals surface area contributed by atoms with Crippen LogP contribution in [-0.4, -0.2) is 53.8 Å². The SMILES string of the molecule is CN1CC2(C1)CN(c1ccc(C(=N)c3cc(OCc4c(Cl)cncc4Cl)ccc3N)cn1)C2. The van der Waals surface area contributed by atoms with Gasteiger partial charge in [-0.1, -0.05) is 23.2 Å². The van der Waals surface area contributed by atoms with Crippen LogP contribution in [0, 0.1) is 10.8 Å². The van der Waals surface area contributed by atoms with Crippen LogP contribution in [0.4, 0.5) is 11.5 Å². The molecular weight excluding hydrogens is 459 g/mol. The first-order chi connectivity index (χ1) is 15.8. The van der Waals surface area contributed by atoms with Crippen molar-refractivity contribution in [3.8, 4) is 5.75 Å². The molecule has 2 aliphatic rings. The summed E-state index contributed by atoms with van der Waals surface area (Å²) in [6.07, 6.45) is 4.79. The summed E-state index contributed by atoms with van der Waals surface area (Å²) in [5.41, 5.74) is 9.34. The van der Waals surface area contributed by atoms with Crippen molar-refractivity contribution in [2.75, 3.05) is 43.9 Å². The lowest BCUT2D eigenvalue weighted by Gasteiger charge is -2.59. The van der Waals surface area contributed by atoms with E-state index in [1.165, 1.54) is 12.4 Å². The zero-order valence-corrected chi connectivity index (χ0v) is 19.7. The Balaban J connectivity index is 1.27. The van der Waals surface area contributed by atoms with Gasteiger partial charge >= 0.3 is 0 Å². The second kappa shape index (κ2) is 8.48. The van der Waals surface area contributed by atoms with E-state index >= 15 is 0 Å². The minimum Gasteiger partial charge on any atom is -0.489 e. The predicted octanol–water partition coefficient (Wildman–Crippen LogP) is 4.11. The lowest BCUT2D eigenvalue weighted by atomic mass is 9.73. The Morgan fingerprint density at radius 3 is 2.45 bits per heavy atom. The molecule has 2 fully saturated rings. The van der Waals surface area contributed by atoms with E-state index in [0.29, 0.717) is 43.6 Å². The van der Waals surface area contributed by atoms with Gasteiger partial charge in [-0.3, -0.25) is 10.4 Å². The van der Waals surface area contributed by atoms with E-state index in [0.717, 1.165) is 32.0 Å². The smallest absolute Gasteiger partial charge is 0.128 e. The van der Waals surface area contributed by atoms with Gasteiger partial charge in [-0.15, -0.1) is 0 Å². The van der Waals surface area contributed by atoms with E-state index in [-0.39, 0.29) is 12.3 Å². The van der Waals surface area contributed by atoms with E-state index in [1.54, 1.807) is 24.4 Å². The molecule has 9 heteroatoms. The monoisotopic (exact) mass is 482 g/mol. The molecule has 0 aliphatic carbocycles. The third kappa shape index (κ3) is 4.24. The fourth-order valence-electron chi connectivity index (χ4n) is 4.67. The van der Waals surface area contributed by atoms with Gasteiger partial charge in [0.2, 0.25) is 0 Å². The molecular formula is C24H24Cl2N6O. The summed E-state index contributed by atoms with van der Waals surface area (Å²) in [6.45, 7) is 4.57. The molecule has 7 nitrogen and oxygen atoms in total. The average Bonchev–Trinajstić information content (AvgIpc) is 2.75. The molecule has 3 N–H and O–H groups in total. The molecule has 1 spiro atoms. The highest BCUT2D eigenvalue weighted by Gasteiger charge is 2.50. The molecule has 0 amide bonds. The number of nitrogens with one attached hydrogen (secondary N) is 1. The highest BCUT2D eigenvalue weighted by molar-refractivity contribution is 6.35. The fraction of sp³-hybridized carbons (Fsp3) is 0.292. The van der Waals surface area contributed by atoms with Crippen LogP contribution in [0.3, 0.4) is 0 Å². The van der Waals surface area contributed by atoms with Gasteiger partial charge in [-0.05, 0) is 37.4 Å². The van der Waals surface area contributed by atoms with Crippen molar-refractivity contribution < 1.29 is 4.74 Å². The number of hydrogen-bond acceptors (Lipinski definition) is 7. The predicted molar refractivity (Wildman–Crippen MR) is 132 cm³/mol. The van der Waals surface area contributed by atoms with E-state index in [1.807, 2.05) is 12.1 Å². The Hall–Kier alpha value is -2.87. The molecule has 0 bridgehead atoms. The highest BCUT2D eigenvalue weighted by Crippen LogP contribution is 2.40. The normalized spacial score (nSPS) is 16.9. The fourth-order valence-corrected chi connectivity index (χ4v) is 5.15. The number of nitrogens with two attached hydrogens (primary N) is 1. The number of anilines is 2. The van der Waals surface area contributed by atoms with E-state index in [4.69, 9.17) is 39.1 Å². The third-order valence-corrected chi connectivity index (χ3v) is 6.90. The van der Waals surface area contributed by atoms with Crippen molar-refractivity contribution in [2.45, 2.75) is 6.61 Å². The van der Waals surface area contributed by atoms with Gasteiger partial charge in [0.1, 0.15) is 18.2 Å². The lowest BCUT2D eigenvalue weighted by Crippen LogP contribution is -2.71. The van der Waals surface area contributed by atoms with Gasteiger partial charge in [-0.2, -0.15) is 0 Å². The standard InChI is InChI=1S/C24H24Cl2N6O/c1-31-11-24(12-31)13-32(14-24)22-5-2-15(7-30-22)23(28)17-6-16(3-4-21(17)27)33-10-18-19(25)8-29-9-20(18)26/h2-9,28H,10-14,27H2,1H3. The van der Waals surface area contributed by atoms with Crippen LogP contribution in [0.5, 0.6) is 5.75 Å². The molecule has 3 aromatic rings. The topological polar surface area (TPSA) is 91.4 Å². The summed E-state index contributed by atoms with van der Waals surface area (Å²) in [5.74, 6) is 1.51. The third-order valence-electron chi connectivity index (χ3n) is 6.25. The first kappa shape index (κ1) is 21.9. The molecule has 170 valence electrons. The Morgan fingerprint density at radius 2 is 1.82 bits per heavy atom. The first-order valence-electron chi connectivity index (χ1n) is 10.6. The Morgan fingerprint density at radius 1 is 1.09 bits per heavy atom. The Labute approximate surface area is 202 Å². The molecule has 5 rings (SSSR count). The molecule has 33 heavy (non-hydrogen) atoms. The number of aromatic nitrogens is 2. The summed E-state index contributed by atoms with van der Waals surface area (Å²) in [7, 11) is 2.15. The summed E-state index contributed by atoms with van der Waals surface area (Å²) in [5, 5.41) is 9.57. The van der Waals surface area contributed by atoms with E-state index in [9.17, 15) is 0 Å². The quantitative estimate of drug-likeness (QED) is 0.405. The molecule has 2 aromatic heterocycles. The van der Waals surface area contributed by atoms with Crippen molar-refractivity contribution in [1.29, 1.82) is 5.41 Å². The summed E-state index contributed by atoms with van der Waals surface area (Å²) in [6, 6.07) is 9.13. The maximum Gasteiger partial charge on any atom is 0.128 e. The summed E-state index contributed by atoms with van der Waals surface area (Å²) >= 11 is 12.3. The van der Waals surface area contributed by atoms with Gasteiger partial charge < -0.3 is 20.3 Å². The minimum absolute atomic E-state index is 0.181. The molecule has 0 saturated carbocycles. The van der Waals surface area contributed by atoms with Crippen molar-refractivity contribution in [3.05, 3.63) is 75.7 Å². The lowest BCUT2D eigenvalue weighted by molar-refractivity contribution is -0.00279. The van der Waals surface area contributed by atoms with Crippen molar-refractivity contribution >= 4 is 40.4 Å². The molecule has 2 aliphatic heterocycles.